The Morgan fingerprint density at radius 1 is 1.21 bits per heavy atom. The summed E-state index contributed by atoms with van der Waals surface area (Å²) in [4.78, 5) is 28.7. The minimum Gasteiger partial charge on any atom is -0.506 e. The molecule has 2 aliphatic carbocycles. The normalized spacial score (nSPS) is 28.7. The molecular weight excluding hydrogens is 418 g/mol. The van der Waals surface area contributed by atoms with Crippen LogP contribution >= 0.6 is 0 Å². The number of piperidine rings is 2. The molecule has 2 saturated carbocycles. The summed E-state index contributed by atoms with van der Waals surface area (Å²) in [5.74, 6) is 0.0492. The maximum Gasteiger partial charge on any atom is 0.267 e. The quantitative estimate of drug-likeness (QED) is 0.628. The van der Waals surface area contributed by atoms with Crippen molar-refractivity contribution in [1.29, 1.82) is 0 Å². The molecule has 0 radical (unpaired) electrons. The van der Waals surface area contributed by atoms with E-state index < -0.39 is 11.5 Å². The smallest absolute Gasteiger partial charge is 0.267 e. The molecule has 178 valence electrons. The first kappa shape index (κ1) is 22.4. The lowest BCUT2D eigenvalue weighted by Gasteiger charge is -2.61. The Kier molecular flexibility index (Phi) is 5.73. The first-order valence-corrected chi connectivity index (χ1v) is 12.3. The molecule has 4 aliphatic rings. The van der Waals surface area contributed by atoms with Crippen LogP contribution in [0.5, 0.6) is 5.75 Å². The molecule has 4 fully saturated rings. The van der Waals surface area contributed by atoms with Gasteiger partial charge in [-0.05, 0) is 70.4 Å². The number of fused-ring (bicyclic) bond motifs is 1. The van der Waals surface area contributed by atoms with Gasteiger partial charge in [0.25, 0.3) is 11.5 Å². The van der Waals surface area contributed by atoms with Gasteiger partial charge in [-0.1, -0.05) is 12.1 Å². The number of hydrogen-bond donors (Lipinski definition) is 2. The van der Waals surface area contributed by atoms with Crippen LogP contribution in [0, 0.1) is 5.92 Å². The first-order chi connectivity index (χ1) is 15.8. The van der Waals surface area contributed by atoms with Gasteiger partial charge in [0.05, 0.1) is 11.1 Å². The summed E-state index contributed by atoms with van der Waals surface area (Å²) in [5, 5.41) is 14.2. The van der Waals surface area contributed by atoms with Gasteiger partial charge in [0.1, 0.15) is 11.3 Å². The number of para-hydroxylation sites is 1. The van der Waals surface area contributed by atoms with Gasteiger partial charge in [-0.2, -0.15) is 0 Å². The predicted octanol–water partition coefficient (Wildman–Crippen LogP) is 3.44. The van der Waals surface area contributed by atoms with E-state index in [9.17, 15) is 14.7 Å². The van der Waals surface area contributed by atoms with Crippen molar-refractivity contribution in [3.8, 4) is 5.75 Å². The van der Waals surface area contributed by atoms with Crippen molar-refractivity contribution < 1.29 is 14.6 Å². The standard InChI is InChI=1S/C26H35N3O4/c1-16(2)29-21-8-5-4-7-20(21)23(30)22(25(29)32)24(31)27-9-6-10-28-18-11-17-12-19(28)15-26(13-17,14-18)33-3/h4-5,7-8,16-19,30H,6,9-15H2,1-3H3,(H,27,31). The van der Waals surface area contributed by atoms with Gasteiger partial charge in [0.2, 0.25) is 0 Å². The Labute approximate surface area is 194 Å². The van der Waals surface area contributed by atoms with Crippen LogP contribution in [0.2, 0.25) is 0 Å². The summed E-state index contributed by atoms with van der Waals surface area (Å²) >= 11 is 0. The van der Waals surface area contributed by atoms with E-state index in [4.69, 9.17) is 4.74 Å². The number of carbonyl (C=O) groups is 1. The van der Waals surface area contributed by atoms with Crippen LogP contribution in [0.1, 0.15) is 68.8 Å². The predicted molar refractivity (Wildman–Crippen MR) is 128 cm³/mol. The number of rotatable bonds is 7. The van der Waals surface area contributed by atoms with Crippen molar-refractivity contribution in [2.24, 2.45) is 5.92 Å². The molecule has 1 aromatic heterocycles. The summed E-state index contributed by atoms with van der Waals surface area (Å²) in [6.45, 7) is 5.21. The van der Waals surface area contributed by atoms with Gasteiger partial charge in [-0.3, -0.25) is 14.5 Å². The van der Waals surface area contributed by atoms with E-state index in [1.807, 2.05) is 27.0 Å². The fourth-order valence-electron chi connectivity index (χ4n) is 6.87. The average molecular weight is 454 g/mol. The number of aromatic nitrogens is 1. The SMILES string of the molecule is COC12CC3CC(C1)N(CCCNC(=O)c1c(O)c4ccccc4n(C(C)C)c1=O)C(C3)C2. The number of carbonyl (C=O) groups excluding carboxylic acids is 1. The maximum atomic E-state index is 13.1. The van der Waals surface area contributed by atoms with Gasteiger partial charge in [-0.15, -0.1) is 0 Å². The van der Waals surface area contributed by atoms with E-state index >= 15 is 0 Å². The lowest BCUT2D eigenvalue weighted by molar-refractivity contribution is -0.172. The van der Waals surface area contributed by atoms with Crippen molar-refractivity contribution >= 4 is 16.8 Å². The zero-order valence-electron chi connectivity index (χ0n) is 19.8. The number of methoxy groups -OCH3 is 1. The molecule has 2 saturated heterocycles. The highest BCUT2D eigenvalue weighted by atomic mass is 16.5. The van der Waals surface area contributed by atoms with Crippen LogP contribution in [0.3, 0.4) is 0 Å². The number of pyridine rings is 1. The van der Waals surface area contributed by atoms with Crippen LogP contribution in [0.25, 0.3) is 10.9 Å². The lowest BCUT2D eigenvalue weighted by Crippen LogP contribution is -2.65. The van der Waals surface area contributed by atoms with Gasteiger partial charge >= 0.3 is 0 Å². The molecule has 2 N–H and O–H groups in total. The molecule has 4 bridgehead atoms. The third-order valence-corrected chi connectivity index (χ3v) is 8.17. The third-order valence-electron chi connectivity index (χ3n) is 8.17. The average Bonchev–Trinajstić information content (AvgIpc) is 2.77. The number of benzene rings is 1. The fraction of sp³-hybridized carbons (Fsp3) is 0.615. The van der Waals surface area contributed by atoms with Crippen molar-refractivity contribution in [3.63, 3.8) is 0 Å². The van der Waals surface area contributed by atoms with E-state index in [1.165, 1.54) is 19.3 Å². The Morgan fingerprint density at radius 3 is 2.58 bits per heavy atom. The van der Waals surface area contributed by atoms with E-state index in [1.54, 1.807) is 22.8 Å². The molecule has 2 unspecified atom stereocenters. The number of aromatic hydroxyl groups is 1. The number of hydrogen-bond acceptors (Lipinski definition) is 5. The highest BCUT2D eigenvalue weighted by Crippen LogP contribution is 2.52. The largest absolute Gasteiger partial charge is 0.506 e. The molecule has 7 heteroatoms. The Bertz CT molecular complexity index is 1110. The highest BCUT2D eigenvalue weighted by molar-refractivity contribution is 6.02. The van der Waals surface area contributed by atoms with E-state index in [-0.39, 0.29) is 23.0 Å². The molecule has 6 rings (SSSR count). The lowest BCUT2D eigenvalue weighted by atomic mass is 9.61. The van der Waals surface area contributed by atoms with Crippen molar-refractivity contribution in [2.75, 3.05) is 20.2 Å². The van der Waals surface area contributed by atoms with Gasteiger partial charge in [-0.25, -0.2) is 0 Å². The third kappa shape index (κ3) is 3.75. The second kappa shape index (κ2) is 8.44. The Hall–Kier alpha value is -2.38. The first-order valence-electron chi connectivity index (χ1n) is 12.3. The minimum absolute atomic E-state index is 0.0884. The zero-order valence-corrected chi connectivity index (χ0v) is 19.8. The summed E-state index contributed by atoms with van der Waals surface area (Å²) in [6.07, 6.45) is 6.77. The van der Waals surface area contributed by atoms with E-state index in [0.29, 0.717) is 29.5 Å². The number of ether oxygens (including phenoxy) is 1. The van der Waals surface area contributed by atoms with Crippen molar-refractivity contribution in [2.45, 2.75) is 76.1 Å². The Balaban J connectivity index is 1.26. The minimum atomic E-state index is -0.504. The fourth-order valence-corrected chi connectivity index (χ4v) is 6.87. The van der Waals surface area contributed by atoms with Crippen LogP contribution in [0.4, 0.5) is 0 Å². The van der Waals surface area contributed by atoms with Gasteiger partial charge < -0.3 is 19.7 Å². The Morgan fingerprint density at radius 2 is 1.91 bits per heavy atom. The van der Waals surface area contributed by atoms with Crippen LogP contribution in [-0.2, 0) is 4.74 Å². The number of nitrogens with zero attached hydrogens (tertiary/aromatic N) is 2. The van der Waals surface area contributed by atoms with Gasteiger partial charge in [0, 0.05) is 43.7 Å². The molecule has 33 heavy (non-hydrogen) atoms. The monoisotopic (exact) mass is 453 g/mol. The van der Waals surface area contributed by atoms with Crippen LogP contribution in [-0.4, -0.2) is 58.4 Å². The molecule has 2 aromatic rings. The molecule has 2 aliphatic heterocycles. The summed E-state index contributed by atoms with van der Waals surface area (Å²) in [6, 6.07) is 8.19. The van der Waals surface area contributed by atoms with Crippen LogP contribution < -0.4 is 10.9 Å². The van der Waals surface area contributed by atoms with Gasteiger partial charge in [0.15, 0.2) is 0 Å². The molecule has 7 nitrogen and oxygen atoms in total. The molecule has 0 spiro atoms. The van der Waals surface area contributed by atoms with Crippen LogP contribution in [0.15, 0.2) is 29.1 Å². The maximum absolute atomic E-state index is 13.1. The summed E-state index contributed by atoms with van der Waals surface area (Å²) < 4.78 is 7.52. The second-order valence-corrected chi connectivity index (χ2v) is 10.5. The summed E-state index contributed by atoms with van der Waals surface area (Å²) in [5.41, 5.74) is 0.105. The van der Waals surface area contributed by atoms with Crippen molar-refractivity contribution in [1.82, 2.24) is 14.8 Å². The number of amides is 1. The summed E-state index contributed by atoms with van der Waals surface area (Å²) in [7, 11) is 1.86. The van der Waals surface area contributed by atoms with E-state index in [0.717, 1.165) is 31.7 Å². The topological polar surface area (TPSA) is 83.8 Å². The molecule has 2 atom stereocenters. The molecular formula is C26H35N3O4. The van der Waals surface area contributed by atoms with Crippen molar-refractivity contribution in [3.05, 3.63) is 40.2 Å². The zero-order chi connectivity index (χ0) is 23.3. The van der Waals surface area contributed by atoms with E-state index in [2.05, 4.69) is 10.2 Å². The molecule has 1 amide bonds. The highest BCUT2D eigenvalue weighted by Gasteiger charge is 2.54. The number of nitrogens with one attached hydrogen (secondary N) is 1. The molecule has 1 aromatic carbocycles. The molecule has 3 heterocycles. The second-order valence-electron chi connectivity index (χ2n) is 10.5.